The molecule has 124 heavy (non-hydrogen) atoms. The number of nitriles is 1. The highest BCUT2D eigenvalue weighted by molar-refractivity contribution is 9.11. The molecule has 0 radical (unpaired) electrons. The summed E-state index contributed by atoms with van der Waals surface area (Å²) in [6.45, 7) is 7.70. The minimum atomic E-state index is -0.814. The minimum Gasteiger partial charge on any atom is -0.481 e. The Morgan fingerprint density at radius 2 is 0.750 bits per heavy atom. The zero-order valence-electron chi connectivity index (χ0n) is 68.1. The highest BCUT2D eigenvalue weighted by Gasteiger charge is 2.16. The molecular formula is C100H112Br5N11O8. The Bertz CT molecular complexity index is 6260. The molecule has 0 aliphatic rings. The summed E-state index contributed by atoms with van der Waals surface area (Å²) in [5, 5.41) is 34.0. The highest BCUT2D eigenvalue weighted by Crippen LogP contribution is 2.34. The number of hydrogen-bond donors (Lipinski definition) is 11. The Labute approximate surface area is 767 Å². The predicted molar refractivity (Wildman–Crippen MR) is 528 cm³/mol. The number of benzene rings is 9. The van der Waals surface area contributed by atoms with Gasteiger partial charge >= 0.3 is 11.9 Å². The molecule has 0 bridgehead atoms. The van der Waals surface area contributed by atoms with Crippen molar-refractivity contribution in [2.24, 2.45) is 17.2 Å². The molecule has 0 saturated carbocycles. The number of carboxylic acids is 1. The van der Waals surface area contributed by atoms with Crippen molar-refractivity contribution < 1.29 is 38.9 Å². The van der Waals surface area contributed by atoms with Gasteiger partial charge in [0, 0.05) is 181 Å². The van der Waals surface area contributed by atoms with E-state index in [9.17, 15) is 24.0 Å². The van der Waals surface area contributed by atoms with Crippen LogP contribution in [0.15, 0.2) is 242 Å². The number of methoxy groups -OCH3 is 1. The predicted octanol–water partition coefficient (Wildman–Crippen LogP) is 25.3. The number of primary amides is 3. The Kier molecular flexibility index (Phi) is 40.4. The molecule has 0 unspecified atom stereocenters. The number of aromatic nitrogens is 7. The number of fused-ring (bicyclic) bond motifs is 7. The monoisotopic (exact) mass is 1990 g/mol. The summed E-state index contributed by atoms with van der Waals surface area (Å²) >= 11 is 17.1. The van der Waals surface area contributed by atoms with Gasteiger partial charge in [0.15, 0.2) is 0 Å². The number of carbonyl (C=O) groups excluding carboxylic acids is 4. The summed E-state index contributed by atoms with van der Waals surface area (Å²) in [7, 11) is 1.40. The van der Waals surface area contributed by atoms with Crippen LogP contribution in [0.4, 0.5) is 0 Å². The number of nitrogens with zero attached hydrogens (tertiary/aromatic N) is 2. The van der Waals surface area contributed by atoms with E-state index >= 15 is 0 Å². The maximum absolute atomic E-state index is 11.4. The number of aliphatic hydroxyl groups is 1. The number of halogens is 5. The first-order valence-corrected chi connectivity index (χ1v) is 44.1. The molecule has 16 rings (SSSR count). The molecule has 14 N–H and O–H groups in total. The van der Waals surface area contributed by atoms with Crippen molar-refractivity contribution in [1.29, 1.82) is 5.26 Å². The van der Waals surface area contributed by atoms with Crippen LogP contribution in [0.25, 0.3) is 98.6 Å². The van der Waals surface area contributed by atoms with E-state index in [1.165, 1.54) is 117 Å². The first-order valence-electron chi connectivity index (χ1n) is 40.1. The number of aromatic amines is 6. The number of amides is 3. The standard InChI is InChI=1S/C26H34N2O.C18H18N2O.C11H11BrN2O.C11H9BrN2.C11H10BrNO2.C10H8BrNO2.C10H10BrNO.3CH4/c1-3-4-5-6-7-8-16-28-19-23(13-15-26(27)29)24-18-22(12-14-25(24)28)21-11-9-10-20(2)17-21;1-12-3-2-4-13(9-12)14-5-7-17-16(10-14)15(11-20-17)6-8-18(19)21;12-8-2-3-10-9(5-8)7(6-14-10)1-4-11(13)15;12-9-3-4-11-10(6-9)8(7-14-11)2-1-5-13;1-15-11(14)4-7-6-13-10-3-2-8(12)5-9(7)10;11-7-1-2-9-8(4-7)6(5-12-9)3-10(13)14;11-8-1-2-10-9(5-8)7(3-4-13)6-12-10;;;/h9-12,14,17-19H,3-8,13,15-16H2,1-2H3,(H2,27,29);2-5,7,9-11,20H,6,8H2,1H3,(H2,19,21);2-3,5-6,14H,1,4H2,(H2,13,15);3-4,6-7,14H,1-2H2;2-3,5-6,13H,4H2,1H3;1-2,4-5,12H,3H2,(H,13,14);1-2,5-6,12-13H,3-4H2;3*1H4. The molecule has 0 aliphatic carbocycles. The zero-order valence-corrected chi connectivity index (χ0v) is 76.0. The number of H-pyrrole nitrogens is 6. The fraction of sp³-hybridized carbons (Fsp3) is 0.260. The number of rotatable bonds is 26. The maximum atomic E-state index is 11.4. The third-order valence-electron chi connectivity index (χ3n) is 20.5. The zero-order chi connectivity index (χ0) is 86.5. The fourth-order valence-corrected chi connectivity index (χ4v) is 16.2. The van der Waals surface area contributed by atoms with Gasteiger partial charge in [-0.2, -0.15) is 5.26 Å². The molecular weight excluding hydrogens is 1880 g/mol. The normalized spacial score (nSPS) is 10.6. The van der Waals surface area contributed by atoms with Crippen LogP contribution < -0.4 is 17.2 Å². The van der Waals surface area contributed by atoms with Crippen LogP contribution in [0.3, 0.4) is 0 Å². The molecule has 7 aromatic heterocycles. The van der Waals surface area contributed by atoms with Crippen molar-refractivity contribution in [1.82, 2.24) is 34.5 Å². The Morgan fingerprint density at radius 3 is 1.14 bits per heavy atom. The topological polar surface area (TPSA) is 337 Å². The second kappa shape index (κ2) is 50.0. The van der Waals surface area contributed by atoms with E-state index in [1.54, 1.807) is 6.20 Å². The van der Waals surface area contributed by atoms with Crippen LogP contribution in [0.2, 0.25) is 0 Å². The van der Waals surface area contributed by atoms with Crippen LogP contribution in [-0.4, -0.2) is 88.1 Å². The molecule has 0 aliphatic heterocycles. The summed E-state index contributed by atoms with van der Waals surface area (Å²) in [6.07, 6.45) is 27.1. The summed E-state index contributed by atoms with van der Waals surface area (Å²) < 4.78 is 12.1. The van der Waals surface area contributed by atoms with Crippen LogP contribution >= 0.6 is 79.6 Å². The lowest BCUT2D eigenvalue weighted by molar-refractivity contribution is -0.140. The van der Waals surface area contributed by atoms with Gasteiger partial charge in [-0.1, -0.05) is 213 Å². The molecule has 16 aromatic rings. The van der Waals surface area contributed by atoms with Gasteiger partial charge in [0.1, 0.15) is 0 Å². The summed E-state index contributed by atoms with van der Waals surface area (Å²) in [6, 6.07) is 62.3. The molecule has 19 nitrogen and oxygen atoms in total. The lowest BCUT2D eigenvalue weighted by Crippen LogP contribution is -2.11. The molecule has 24 heteroatoms. The number of hydrogen-bond acceptors (Lipinski definition) is 8. The van der Waals surface area contributed by atoms with Gasteiger partial charge in [-0.05, 0) is 229 Å². The van der Waals surface area contributed by atoms with Crippen LogP contribution in [0.5, 0.6) is 0 Å². The minimum absolute atomic E-state index is 0. The van der Waals surface area contributed by atoms with Gasteiger partial charge in [0.2, 0.25) is 17.7 Å². The van der Waals surface area contributed by atoms with Gasteiger partial charge in [0.05, 0.1) is 26.0 Å². The Hall–Kier alpha value is -11.0. The Morgan fingerprint density at radius 1 is 0.411 bits per heavy atom. The number of carboxylic acid groups (broad SMARTS) is 1. The van der Waals surface area contributed by atoms with Crippen molar-refractivity contribution >= 4 is 186 Å². The third kappa shape index (κ3) is 29.3. The number of aliphatic hydroxyl groups excluding tert-OH is 1. The van der Waals surface area contributed by atoms with E-state index in [0.29, 0.717) is 57.8 Å². The second-order valence-electron chi connectivity index (χ2n) is 29.5. The maximum Gasteiger partial charge on any atom is 0.310 e. The van der Waals surface area contributed by atoms with Gasteiger partial charge in [0.25, 0.3) is 0 Å². The number of nitrogens with one attached hydrogen (secondary N) is 6. The van der Waals surface area contributed by atoms with E-state index in [0.717, 1.165) is 112 Å². The number of carbonyl (C=O) groups is 5. The molecule has 0 saturated heterocycles. The Balaban J connectivity index is 0.000000202. The number of aryl methyl sites for hydroxylation is 7. The molecule has 0 fully saturated rings. The van der Waals surface area contributed by atoms with Crippen molar-refractivity contribution in [3.63, 3.8) is 0 Å². The lowest BCUT2D eigenvalue weighted by Gasteiger charge is -2.07. The number of esters is 1. The first kappa shape index (κ1) is 100. The molecule has 9 aromatic carbocycles. The van der Waals surface area contributed by atoms with Crippen molar-refractivity contribution in [3.8, 4) is 28.3 Å². The number of unbranched alkanes of at least 4 members (excludes halogenated alkanes) is 5. The average molecular weight is 2000 g/mol. The highest BCUT2D eigenvalue weighted by atomic mass is 79.9. The van der Waals surface area contributed by atoms with Gasteiger partial charge in [-0.3, -0.25) is 24.0 Å². The van der Waals surface area contributed by atoms with Crippen LogP contribution in [0, 0.1) is 25.2 Å². The smallest absolute Gasteiger partial charge is 0.310 e. The molecule has 650 valence electrons. The lowest BCUT2D eigenvalue weighted by atomic mass is 10.00. The summed E-state index contributed by atoms with van der Waals surface area (Å²) in [5.41, 5.74) is 38.4. The molecule has 0 spiro atoms. The van der Waals surface area contributed by atoms with Crippen molar-refractivity contribution in [2.75, 3.05) is 13.7 Å². The van der Waals surface area contributed by atoms with E-state index < -0.39 is 5.97 Å². The van der Waals surface area contributed by atoms with E-state index in [-0.39, 0.29) is 59.0 Å². The summed E-state index contributed by atoms with van der Waals surface area (Å²) in [5.74, 6) is -1.81. The quantitative estimate of drug-likeness (QED) is 0.0181. The van der Waals surface area contributed by atoms with E-state index in [1.807, 2.05) is 110 Å². The van der Waals surface area contributed by atoms with Crippen LogP contribution in [-0.2, 0) is 80.2 Å². The molecule has 0 atom stereocenters. The first-order chi connectivity index (χ1) is 58.4. The SMILES string of the molecule is C.C.C.CCCCCCCCn1cc(CCC(N)=O)c2cc(-c3cccc(C)c3)ccc21.COC(=O)Cc1c[nH]c2ccc(Br)cc12.Cc1cccc(-c2ccc3[nH]cc(CCC(N)=O)c3c2)c1.N#CCCc1c[nH]c2ccc(Br)cc12.NC(=O)CCc1c[nH]c2ccc(Br)cc12.O=C(O)Cc1c[nH]c2ccc(Br)cc12.OCCc1c[nH]c2ccc(Br)cc12. The number of aliphatic carboxylic acids is 1. The average Bonchev–Trinajstić information content (AvgIpc) is 1.63. The fourth-order valence-electron chi connectivity index (χ4n) is 14.4. The van der Waals surface area contributed by atoms with E-state index in [4.69, 9.17) is 32.7 Å². The molecule has 7 heterocycles. The second-order valence-corrected chi connectivity index (χ2v) is 34.1. The van der Waals surface area contributed by atoms with Gasteiger partial charge < -0.3 is 66.6 Å². The van der Waals surface area contributed by atoms with Gasteiger partial charge in [-0.15, -0.1) is 0 Å². The summed E-state index contributed by atoms with van der Waals surface area (Å²) in [4.78, 5) is 73.7. The van der Waals surface area contributed by atoms with Crippen molar-refractivity contribution in [2.45, 2.75) is 159 Å². The van der Waals surface area contributed by atoms with E-state index in [2.05, 4.69) is 249 Å². The molecule has 3 amide bonds. The number of nitrogens with two attached hydrogens (primary N) is 3. The van der Waals surface area contributed by atoms with Crippen LogP contribution in [0.1, 0.15) is 143 Å². The largest absolute Gasteiger partial charge is 0.481 e. The van der Waals surface area contributed by atoms with Crippen molar-refractivity contribution in [3.05, 3.63) is 292 Å². The third-order valence-corrected chi connectivity index (χ3v) is 23.0. The number of ether oxygens (including phenoxy) is 1. The van der Waals surface area contributed by atoms with Gasteiger partial charge in [-0.25, -0.2) is 0 Å².